The molecule has 2 aromatic rings. The predicted molar refractivity (Wildman–Crippen MR) is 88.1 cm³/mol. The molecule has 0 bridgehead atoms. The minimum Gasteiger partial charge on any atom is -0.354 e. The molecule has 1 aliphatic heterocycles. The standard InChI is InChI=1S/C18H21N3O2/c1-20-15(13-21-11-5-8-16(21)18(20)23)12-19-17(22)10-9-14-6-3-2-4-7-14/h2-8,11,15H,9-10,12-13H2,1H3,(H,19,22). The summed E-state index contributed by atoms with van der Waals surface area (Å²) in [6.07, 6.45) is 3.10. The van der Waals surface area contributed by atoms with E-state index in [2.05, 4.69) is 5.32 Å². The van der Waals surface area contributed by atoms with Crippen molar-refractivity contribution in [2.24, 2.45) is 0 Å². The first kappa shape index (κ1) is 15.3. The van der Waals surface area contributed by atoms with Crippen molar-refractivity contribution in [1.29, 1.82) is 0 Å². The second-order valence-corrected chi connectivity index (χ2v) is 5.91. The molecule has 0 saturated heterocycles. The molecule has 1 aromatic carbocycles. The van der Waals surface area contributed by atoms with Crippen molar-refractivity contribution in [2.45, 2.75) is 25.4 Å². The Morgan fingerprint density at radius 3 is 2.78 bits per heavy atom. The van der Waals surface area contributed by atoms with Crippen LogP contribution in [0, 0.1) is 0 Å². The SMILES string of the molecule is CN1C(=O)c2cccn2CC1CNC(=O)CCc1ccccc1. The van der Waals surface area contributed by atoms with Crippen molar-refractivity contribution in [1.82, 2.24) is 14.8 Å². The maximum Gasteiger partial charge on any atom is 0.270 e. The van der Waals surface area contributed by atoms with Gasteiger partial charge in [-0.1, -0.05) is 30.3 Å². The van der Waals surface area contributed by atoms with Crippen LogP contribution in [-0.4, -0.2) is 40.9 Å². The first-order chi connectivity index (χ1) is 11.1. The van der Waals surface area contributed by atoms with Crippen LogP contribution in [0.4, 0.5) is 0 Å². The van der Waals surface area contributed by atoms with E-state index in [0.29, 0.717) is 25.2 Å². The molecular weight excluding hydrogens is 290 g/mol. The van der Waals surface area contributed by atoms with Gasteiger partial charge in [0.05, 0.1) is 6.04 Å². The Kier molecular flexibility index (Phi) is 4.46. The highest BCUT2D eigenvalue weighted by molar-refractivity contribution is 5.93. The normalized spacial score (nSPS) is 17.0. The molecule has 1 aliphatic rings. The van der Waals surface area contributed by atoms with Crippen LogP contribution in [0.2, 0.25) is 0 Å². The third-order valence-corrected chi connectivity index (χ3v) is 4.34. The number of rotatable bonds is 5. The van der Waals surface area contributed by atoms with E-state index in [0.717, 1.165) is 12.0 Å². The highest BCUT2D eigenvalue weighted by Gasteiger charge is 2.29. The maximum atomic E-state index is 12.2. The van der Waals surface area contributed by atoms with Crippen LogP contribution >= 0.6 is 0 Å². The largest absolute Gasteiger partial charge is 0.354 e. The Morgan fingerprint density at radius 1 is 1.22 bits per heavy atom. The summed E-state index contributed by atoms with van der Waals surface area (Å²) in [7, 11) is 1.79. The van der Waals surface area contributed by atoms with Gasteiger partial charge >= 0.3 is 0 Å². The van der Waals surface area contributed by atoms with Crippen molar-refractivity contribution < 1.29 is 9.59 Å². The van der Waals surface area contributed by atoms with E-state index >= 15 is 0 Å². The molecule has 1 aromatic heterocycles. The first-order valence-corrected chi connectivity index (χ1v) is 7.88. The van der Waals surface area contributed by atoms with Gasteiger partial charge in [0.1, 0.15) is 5.69 Å². The Labute approximate surface area is 135 Å². The van der Waals surface area contributed by atoms with E-state index in [4.69, 9.17) is 0 Å². The fraction of sp³-hybridized carbons (Fsp3) is 0.333. The molecule has 5 nitrogen and oxygen atoms in total. The zero-order valence-electron chi connectivity index (χ0n) is 13.2. The minimum absolute atomic E-state index is 0.00443. The highest BCUT2D eigenvalue weighted by Crippen LogP contribution is 2.16. The lowest BCUT2D eigenvalue weighted by Gasteiger charge is -2.33. The minimum atomic E-state index is -0.0110. The lowest BCUT2D eigenvalue weighted by molar-refractivity contribution is -0.121. The number of hydrogen-bond acceptors (Lipinski definition) is 2. The van der Waals surface area contributed by atoms with Gasteiger partial charge in [0.25, 0.3) is 5.91 Å². The highest BCUT2D eigenvalue weighted by atomic mass is 16.2. The second kappa shape index (κ2) is 6.69. The molecule has 0 fully saturated rings. The third-order valence-electron chi connectivity index (χ3n) is 4.34. The molecule has 0 spiro atoms. The van der Waals surface area contributed by atoms with Gasteiger partial charge in [-0.15, -0.1) is 0 Å². The predicted octanol–water partition coefficient (Wildman–Crippen LogP) is 1.69. The molecule has 0 saturated carbocycles. The van der Waals surface area contributed by atoms with Gasteiger partial charge in [-0.3, -0.25) is 9.59 Å². The van der Waals surface area contributed by atoms with E-state index in [1.54, 1.807) is 11.9 Å². The Morgan fingerprint density at radius 2 is 2.00 bits per heavy atom. The monoisotopic (exact) mass is 311 g/mol. The fourth-order valence-electron chi connectivity index (χ4n) is 2.89. The number of aryl methyl sites for hydroxylation is 1. The van der Waals surface area contributed by atoms with E-state index in [-0.39, 0.29) is 17.9 Å². The molecule has 0 aliphatic carbocycles. The average Bonchev–Trinajstić information content (AvgIpc) is 3.04. The summed E-state index contributed by atoms with van der Waals surface area (Å²) in [5, 5.41) is 2.95. The maximum absolute atomic E-state index is 12.2. The number of likely N-dealkylation sites (N-methyl/N-ethyl adjacent to an activating group) is 1. The van der Waals surface area contributed by atoms with Crippen LogP contribution in [0.5, 0.6) is 0 Å². The molecule has 120 valence electrons. The number of amides is 2. The molecule has 1 atom stereocenters. The van der Waals surface area contributed by atoms with E-state index in [9.17, 15) is 9.59 Å². The van der Waals surface area contributed by atoms with Crippen LogP contribution in [-0.2, 0) is 17.8 Å². The van der Waals surface area contributed by atoms with Gasteiger partial charge < -0.3 is 14.8 Å². The Bertz CT molecular complexity index is 693. The molecule has 0 radical (unpaired) electrons. The van der Waals surface area contributed by atoms with Crippen molar-refractivity contribution >= 4 is 11.8 Å². The lowest BCUT2D eigenvalue weighted by Crippen LogP contribution is -2.50. The summed E-state index contributed by atoms with van der Waals surface area (Å²) in [6, 6.07) is 13.7. The summed E-state index contributed by atoms with van der Waals surface area (Å²) in [4.78, 5) is 26.0. The van der Waals surface area contributed by atoms with Crippen LogP contribution in [0.25, 0.3) is 0 Å². The molecule has 2 heterocycles. The topological polar surface area (TPSA) is 54.3 Å². The second-order valence-electron chi connectivity index (χ2n) is 5.91. The van der Waals surface area contributed by atoms with Crippen LogP contribution in [0.1, 0.15) is 22.5 Å². The molecule has 1 N–H and O–H groups in total. The van der Waals surface area contributed by atoms with Crippen LogP contribution in [0.15, 0.2) is 48.7 Å². The number of hydrogen-bond donors (Lipinski definition) is 1. The number of carbonyl (C=O) groups is 2. The summed E-state index contributed by atoms with van der Waals surface area (Å²) in [6.45, 7) is 1.19. The first-order valence-electron chi connectivity index (χ1n) is 7.88. The zero-order chi connectivity index (χ0) is 16.2. The van der Waals surface area contributed by atoms with Crippen LogP contribution < -0.4 is 5.32 Å². The number of nitrogens with zero attached hydrogens (tertiary/aromatic N) is 2. The summed E-state index contributed by atoms with van der Waals surface area (Å²) >= 11 is 0. The van der Waals surface area contributed by atoms with Gasteiger partial charge in [-0.25, -0.2) is 0 Å². The van der Waals surface area contributed by atoms with Crippen LogP contribution in [0.3, 0.4) is 0 Å². The van der Waals surface area contributed by atoms with Gasteiger partial charge in [0, 0.05) is 32.8 Å². The van der Waals surface area contributed by atoms with Gasteiger partial charge in [-0.2, -0.15) is 0 Å². The van der Waals surface area contributed by atoms with Gasteiger partial charge in [0.2, 0.25) is 5.91 Å². The quantitative estimate of drug-likeness (QED) is 0.913. The van der Waals surface area contributed by atoms with Crippen molar-refractivity contribution in [3.63, 3.8) is 0 Å². The van der Waals surface area contributed by atoms with E-state index < -0.39 is 0 Å². The molecule has 1 unspecified atom stereocenters. The Balaban J connectivity index is 1.50. The Hall–Kier alpha value is -2.56. The molecular formula is C18H21N3O2. The number of nitrogens with one attached hydrogen (secondary N) is 1. The van der Waals surface area contributed by atoms with Crippen molar-refractivity contribution in [3.8, 4) is 0 Å². The molecule has 23 heavy (non-hydrogen) atoms. The third kappa shape index (κ3) is 3.44. The zero-order valence-corrected chi connectivity index (χ0v) is 13.2. The fourth-order valence-corrected chi connectivity index (χ4v) is 2.89. The van der Waals surface area contributed by atoms with Gasteiger partial charge in [0.15, 0.2) is 0 Å². The lowest BCUT2D eigenvalue weighted by atomic mass is 10.1. The molecule has 3 rings (SSSR count). The van der Waals surface area contributed by atoms with E-state index in [1.807, 2.05) is 53.2 Å². The summed E-state index contributed by atoms with van der Waals surface area (Å²) < 4.78 is 1.95. The smallest absolute Gasteiger partial charge is 0.270 e. The van der Waals surface area contributed by atoms with Gasteiger partial charge in [-0.05, 0) is 24.1 Å². The molecule has 5 heteroatoms. The number of carbonyl (C=O) groups excluding carboxylic acids is 2. The van der Waals surface area contributed by atoms with Crippen molar-refractivity contribution in [2.75, 3.05) is 13.6 Å². The van der Waals surface area contributed by atoms with E-state index in [1.165, 1.54) is 0 Å². The number of aromatic nitrogens is 1. The summed E-state index contributed by atoms with van der Waals surface area (Å²) in [5.41, 5.74) is 1.86. The molecule has 2 amide bonds. The average molecular weight is 311 g/mol. The number of benzene rings is 1. The number of fused-ring (bicyclic) bond motifs is 1. The van der Waals surface area contributed by atoms with Crippen molar-refractivity contribution in [3.05, 3.63) is 59.9 Å². The summed E-state index contributed by atoms with van der Waals surface area (Å²) in [5.74, 6) is 0.0257.